The van der Waals surface area contributed by atoms with Gasteiger partial charge in [-0.05, 0) is 26.3 Å². The number of aromatic nitrogens is 2. The number of oxazole rings is 1. The number of hydrogen-bond donors (Lipinski definition) is 1. The van der Waals surface area contributed by atoms with Crippen LogP contribution in [0.2, 0.25) is 0 Å². The van der Waals surface area contributed by atoms with E-state index < -0.39 is 23.8 Å². The number of rotatable bonds is 8. The van der Waals surface area contributed by atoms with E-state index in [4.69, 9.17) is 13.9 Å². The van der Waals surface area contributed by atoms with Crippen LogP contribution < -0.4 is 0 Å². The second-order valence-corrected chi connectivity index (χ2v) is 7.10. The van der Waals surface area contributed by atoms with Gasteiger partial charge in [-0.15, -0.1) is 0 Å². The van der Waals surface area contributed by atoms with E-state index in [0.717, 1.165) is 5.56 Å². The van der Waals surface area contributed by atoms with Crippen molar-refractivity contribution in [3.8, 4) is 11.3 Å². The van der Waals surface area contributed by atoms with Crippen molar-refractivity contribution >= 4 is 17.7 Å². The molecule has 1 N–H and O–H groups in total. The van der Waals surface area contributed by atoms with Crippen molar-refractivity contribution in [1.82, 2.24) is 9.97 Å². The summed E-state index contributed by atoms with van der Waals surface area (Å²) < 4.78 is 15.7. The second-order valence-electron chi connectivity index (χ2n) is 7.10. The van der Waals surface area contributed by atoms with Gasteiger partial charge in [-0.1, -0.05) is 30.3 Å². The minimum Gasteiger partial charge on any atom is -0.465 e. The van der Waals surface area contributed by atoms with Crippen LogP contribution in [0.4, 0.5) is 0 Å². The fourth-order valence-electron chi connectivity index (χ4n) is 3.29. The first-order valence-corrected chi connectivity index (χ1v) is 9.83. The zero-order valence-corrected chi connectivity index (χ0v) is 17.9. The van der Waals surface area contributed by atoms with Gasteiger partial charge >= 0.3 is 11.9 Å². The third-order valence-electron chi connectivity index (χ3n) is 4.91. The van der Waals surface area contributed by atoms with Crippen molar-refractivity contribution in [3.63, 3.8) is 0 Å². The molecule has 2 aromatic heterocycles. The Kier molecular flexibility index (Phi) is 6.69. The van der Waals surface area contributed by atoms with Gasteiger partial charge in [0.1, 0.15) is 0 Å². The van der Waals surface area contributed by atoms with E-state index in [0.29, 0.717) is 28.5 Å². The van der Waals surface area contributed by atoms with Crippen LogP contribution in [-0.2, 0) is 20.7 Å². The summed E-state index contributed by atoms with van der Waals surface area (Å²) in [6.45, 7) is 4.81. The van der Waals surface area contributed by atoms with Crippen molar-refractivity contribution in [1.29, 1.82) is 0 Å². The second kappa shape index (κ2) is 9.42. The quantitative estimate of drug-likeness (QED) is 0.432. The average molecular weight is 424 g/mol. The molecule has 2 heterocycles. The van der Waals surface area contributed by atoms with Gasteiger partial charge in [-0.25, -0.2) is 9.78 Å². The summed E-state index contributed by atoms with van der Waals surface area (Å²) in [7, 11) is 1.27. The van der Waals surface area contributed by atoms with E-state index in [1.807, 2.05) is 30.3 Å². The lowest BCUT2D eigenvalue weighted by Gasteiger charge is -2.12. The van der Waals surface area contributed by atoms with Gasteiger partial charge in [0, 0.05) is 17.7 Å². The van der Waals surface area contributed by atoms with Crippen LogP contribution in [0.1, 0.15) is 51.3 Å². The predicted octanol–water partition coefficient (Wildman–Crippen LogP) is 3.82. The van der Waals surface area contributed by atoms with E-state index in [9.17, 15) is 14.4 Å². The molecular weight excluding hydrogens is 400 g/mol. The molecule has 0 amide bonds. The van der Waals surface area contributed by atoms with Crippen LogP contribution in [0.5, 0.6) is 0 Å². The topological polar surface area (TPSA) is 111 Å². The van der Waals surface area contributed by atoms with Crippen molar-refractivity contribution in [3.05, 3.63) is 64.9 Å². The van der Waals surface area contributed by atoms with E-state index in [-0.39, 0.29) is 18.5 Å². The Labute approximate surface area is 179 Å². The summed E-state index contributed by atoms with van der Waals surface area (Å²) in [5, 5.41) is 0. The normalized spacial score (nSPS) is 11.7. The molecule has 0 radical (unpaired) electrons. The number of H-pyrrole nitrogens is 1. The lowest BCUT2D eigenvalue weighted by atomic mass is 10.1. The van der Waals surface area contributed by atoms with Gasteiger partial charge in [-0.3, -0.25) is 9.59 Å². The highest BCUT2D eigenvalue weighted by Crippen LogP contribution is 2.22. The number of ketones is 1. The average Bonchev–Trinajstić information content (AvgIpc) is 3.36. The Morgan fingerprint density at radius 3 is 2.55 bits per heavy atom. The Morgan fingerprint density at radius 1 is 1.16 bits per heavy atom. The molecule has 1 unspecified atom stereocenters. The molecule has 0 saturated carbocycles. The standard InChI is InChI=1S/C23H24N2O6/c1-13-20(23(28)29-4)14(2)25-21(13)22(27)15(3)30-19(26)11-10-18-24-12-17(31-18)16-8-6-5-7-9-16/h5-9,12,15,25H,10-11H2,1-4H3. The minimum atomic E-state index is -1.01. The van der Waals surface area contributed by atoms with Crippen LogP contribution in [0, 0.1) is 13.8 Å². The summed E-state index contributed by atoms with van der Waals surface area (Å²) in [6, 6.07) is 9.51. The molecule has 3 aromatic rings. The van der Waals surface area contributed by atoms with Gasteiger partial charge < -0.3 is 18.9 Å². The van der Waals surface area contributed by atoms with Crippen LogP contribution in [0.25, 0.3) is 11.3 Å². The van der Waals surface area contributed by atoms with E-state index in [2.05, 4.69) is 9.97 Å². The number of Topliss-reactive ketones (excluding diaryl/α,β-unsaturated/α-hetero) is 1. The van der Waals surface area contributed by atoms with Crippen molar-refractivity contribution < 1.29 is 28.3 Å². The molecule has 0 aliphatic rings. The number of benzene rings is 1. The predicted molar refractivity (Wildman–Crippen MR) is 112 cm³/mol. The summed E-state index contributed by atoms with van der Waals surface area (Å²) in [5.74, 6) is -0.475. The monoisotopic (exact) mass is 424 g/mol. The summed E-state index contributed by atoms with van der Waals surface area (Å²) >= 11 is 0. The molecular formula is C23H24N2O6. The molecule has 0 bridgehead atoms. The van der Waals surface area contributed by atoms with E-state index in [1.54, 1.807) is 20.0 Å². The smallest absolute Gasteiger partial charge is 0.339 e. The van der Waals surface area contributed by atoms with Gasteiger partial charge in [0.15, 0.2) is 17.8 Å². The third kappa shape index (κ3) is 4.91. The maximum Gasteiger partial charge on any atom is 0.339 e. The van der Waals surface area contributed by atoms with E-state index in [1.165, 1.54) is 14.0 Å². The van der Waals surface area contributed by atoms with Crippen LogP contribution >= 0.6 is 0 Å². The fraction of sp³-hybridized carbons (Fsp3) is 0.304. The number of esters is 2. The third-order valence-corrected chi connectivity index (χ3v) is 4.91. The van der Waals surface area contributed by atoms with Crippen molar-refractivity contribution in [2.75, 3.05) is 7.11 Å². The van der Waals surface area contributed by atoms with Gasteiger partial charge in [-0.2, -0.15) is 0 Å². The number of carbonyl (C=O) groups is 3. The number of nitrogens with zero attached hydrogens (tertiary/aromatic N) is 1. The molecule has 0 aliphatic heterocycles. The molecule has 3 rings (SSSR count). The molecule has 0 spiro atoms. The molecule has 1 aromatic carbocycles. The zero-order valence-electron chi connectivity index (χ0n) is 17.9. The number of carbonyl (C=O) groups excluding carboxylic acids is 3. The molecule has 8 heteroatoms. The lowest BCUT2D eigenvalue weighted by molar-refractivity contribution is -0.146. The number of methoxy groups -OCH3 is 1. The maximum absolute atomic E-state index is 12.7. The molecule has 0 aliphatic carbocycles. The Morgan fingerprint density at radius 2 is 1.87 bits per heavy atom. The number of nitrogens with one attached hydrogen (secondary N) is 1. The highest BCUT2D eigenvalue weighted by atomic mass is 16.5. The highest BCUT2D eigenvalue weighted by molar-refractivity contribution is 6.03. The highest BCUT2D eigenvalue weighted by Gasteiger charge is 2.27. The molecule has 162 valence electrons. The molecule has 1 atom stereocenters. The zero-order chi connectivity index (χ0) is 22.5. The molecule has 0 saturated heterocycles. The Balaban J connectivity index is 1.58. The largest absolute Gasteiger partial charge is 0.465 e. The molecule has 31 heavy (non-hydrogen) atoms. The first-order valence-electron chi connectivity index (χ1n) is 9.83. The first-order chi connectivity index (χ1) is 14.8. The van der Waals surface area contributed by atoms with Crippen LogP contribution in [0.15, 0.2) is 40.9 Å². The van der Waals surface area contributed by atoms with Crippen LogP contribution in [-0.4, -0.2) is 40.9 Å². The van der Waals surface area contributed by atoms with E-state index >= 15 is 0 Å². The van der Waals surface area contributed by atoms with Gasteiger partial charge in [0.2, 0.25) is 5.78 Å². The fourth-order valence-corrected chi connectivity index (χ4v) is 3.29. The Hall–Kier alpha value is -3.68. The molecule has 8 nitrogen and oxygen atoms in total. The molecule has 0 fully saturated rings. The number of ether oxygens (including phenoxy) is 2. The van der Waals surface area contributed by atoms with Crippen molar-refractivity contribution in [2.45, 2.75) is 39.7 Å². The van der Waals surface area contributed by atoms with Gasteiger partial charge in [0.25, 0.3) is 0 Å². The van der Waals surface area contributed by atoms with Crippen LogP contribution in [0.3, 0.4) is 0 Å². The number of aromatic amines is 1. The van der Waals surface area contributed by atoms with Crippen molar-refractivity contribution in [2.24, 2.45) is 0 Å². The minimum absolute atomic E-state index is 0.0164. The summed E-state index contributed by atoms with van der Waals surface area (Å²) in [5.41, 5.74) is 2.40. The summed E-state index contributed by atoms with van der Waals surface area (Å²) in [4.78, 5) is 43.9. The number of aryl methyl sites for hydroxylation is 2. The maximum atomic E-state index is 12.7. The summed E-state index contributed by atoms with van der Waals surface area (Å²) in [6.07, 6.45) is 0.860. The Bertz CT molecular complexity index is 1100. The first kappa shape index (κ1) is 22.0. The van der Waals surface area contributed by atoms with Gasteiger partial charge in [0.05, 0.1) is 31.0 Å². The lowest BCUT2D eigenvalue weighted by Crippen LogP contribution is -2.25. The SMILES string of the molecule is COC(=O)c1c(C)[nH]c(C(=O)C(C)OC(=O)CCc2ncc(-c3ccccc3)o2)c1C. The number of hydrogen-bond acceptors (Lipinski definition) is 7.